The van der Waals surface area contributed by atoms with Crippen molar-refractivity contribution >= 4 is 42.9 Å². The van der Waals surface area contributed by atoms with E-state index in [4.69, 9.17) is 4.18 Å². The molecule has 0 unspecified atom stereocenters. The van der Waals surface area contributed by atoms with E-state index >= 15 is 0 Å². The molecule has 1 atom stereocenters. The maximum absolute atomic E-state index is 12.4. The van der Waals surface area contributed by atoms with Gasteiger partial charge in [-0.25, -0.2) is 13.4 Å². The summed E-state index contributed by atoms with van der Waals surface area (Å²) in [4.78, 5) is 17.8. The van der Waals surface area contributed by atoms with Crippen LogP contribution >= 0.6 is 11.3 Å². The lowest BCUT2D eigenvalue weighted by Crippen LogP contribution is -2.31. The highest BCUT2D eigenvalue weighted by atomic mass is 32.2. The lowest BCUT2D eigenvalue weighted by molar-refractivity contribution is -0.122. The van der Waals surface area contributed by atoms with Crippen LogP contribution in [0.4, 0.5) is 5.69 Å². The fourth-order valence-electron chi connectivity index (χ4n) is 2.61. The number of thiazole rings is 1. The number of rotatable bonds is 6. The number of hydrogen-bond acceptors (Lipinski definition) is 8. The molecule has 1 amide bonds. The molecule has 11 heteroatoms. The predicted molar refractivity (Wildman–Crippen MR) is 96.1 cm³/mol. The molecule has 1 aliphatic heterocycles. The maximum atomic E-state index is 12.4. The third kappa shape index (κ3) is 4.29. The Bertz CT molecular complexity index is 998. The van der Waals surface area contributed by atoms with Gasteiger partial charge >= 0.3 is 0 Å². The van der Waals surface area contributed by atoms with Gasteiger partial charge in [-0.15, -0.1) is 11.3 Å². The molecule has 3 rings (SSSR count). The molecule has 1 aromatic carbocycles. The molecule has 2 aromatic rings. The molecular weight excluding hydrogens is 400 g/mol. The molecule has 140 valence electrons. The van der Waals surface area contributed by atoms with Crippen LogP contribution in [0.15, 0.2) is 40.7 Å². The van der Waals surface area contributed by atoms with Crippen molar-refractivity contribution in [3.8, 4) is 0 Å². The molecule has 0 spiro atoms. The summed E-state index contributed by atoms with van der Waals surface area (Å²) in [7, 11) is -7.26. The van der Waals surface area contributed by atoms with Gasteiger partial charge in [0.2, 0.25) is 0 Å². The van der Waals surface area contributed by atoms with Gasteiger partial charge < -0.3 is 4.90 Å². The van der Waals surface area contributed by atoms with Gasteiger partial charge in [0.1, 0.15) is 10.8 Å². The van der Waals surface area contributed by atoms with Gasteiger partial charge in [-0.05, 0) is 24.3 Å². The van der Waals surface area contributed by atoms with E-state index in [9.17, 15) is 21.6 Å². The van der Waals surface area contributed by atoms with Crippen molar-refractivity contribution in [1.29, 1.82) is 0 Å². The largest absolute Gasteiger partial charge is 0.310 e. The van der Waals surface area contributed by atoms with Crippen molar-refractivity contribution in [3.05, 3.63) is 40.8 Å². The topological polar surface area (TPSA) is 111 Å². The van der Waals surface area contributed by atoms with E-state index in [1.807, 2.05) is 0 Å². The monoisotopic (exact) mass is 416 g/mol. The average molecular weight is 417 g/mol. The second-order valence-corrected chi connectivity index (χ2v) is 10.3. The Kier molecular flexibility index (Phi) is 5.15. The average Bonchev–Trinajstić information content (AvgIpc) is 3.17. The minimum absolute atomic E-state index is 0.132. The molecule has 1 aliphatic rings. The summed E-state index contributed by atoms with van der Waals surface area (Å²) in [6.07, 6.45) is 1.64. The first-order valence-electron chi connectivity index (χ1n) is 7.56. The van der Waals surface area contributed by atoms with E-state index in [2.05, 4.69) is 4.98 Å². The van der Waals surface area contributed by atoms with Crippen LogP contribution in [0.3, 0.4) is 0 Å². The Labute approximate surface area is 155 Å². The highest BCUT2D eigenvalue weighted by Crippen LogP contribution is 2.26. The number of anilines is 1. The first-order valence-corrected chi connectivity index (χ1v) is 11.9. The Morgan fingerprint density at radius 2 is 1.92 bits per heavy atom. The van der Waals surface area contributed by atoms with Gasteiger partial charge in [0.15, 0.2) is 15.9 Å². The number of carbonyl (C=O) groups is 1. The van der Waals surface area contributed by atoms with Crippen molar-refractivity contribution in [1.82, 2.24) is 4.98 Å². The van der Waals surface area contributed by atoms with E-state index in [-0.39, 0.29) is 17.1 Å². The normalized spacial score (nSPS) is 18.4. The summed E-state index contributed by atoms with van der Waals surface area (Å²) in [6.45, 7) is 0.296. The van der Waals surface area contributed by atoms with Gasteiger partial charge in [-0.1, -0.05) is 0 Å². The lowest BCUT2D eigenvalue weighted by Gasteiger charge is -2.17. The molecule has 1 aromatic heterocycles. The fourth-order valence-corrected chi connectivity index (χ4v) is 5.47. The van der Waals surface area contributed by atoms with Crippen molar-refractivity contribution < 1.29 is 25.8 Å². The summed E-state index contributed by atoms with van der Waals surface area (Å²) in [5.41, 5.74) is 0.489. The van der Waals surface area contributed by atoms with Gasteiger partial charge in [-0.3, -0.25) is 8.98 Å². The summed E-state index contributed by atoms with van der Waals surface area (Å²) >= 11 is 1.27. The smallest absolute Gasteiger partial charge is 0.265 e. The van der Waals surface area contributed by atoms with Gasteiger partial charge in [0.05, 0.1) is 11.2 Å². The molecule has 0 aliphatic carbocycles. The number of carbonyl (C=O) groups excluding carboxylic acids is 1. The van der Waals surface area contributed by atoms with Crippen molar-refractivity contribution in [2.45, 2.75) is 23.2 Å². The summed E-state index contributed by atoms with van der Waals surface area (Å²) in [5, 5.41) is 2.21. The highest BCUT2D eigenvalue weighted by Gasteiger charge is 2.35. The van der Waals surface area contributed by atoms with Crippen LogP contribution in [-0.2, 0) is 34.7 Å². The van der Waals surface area contributed by atoms with Crippen LogP contribution in [0.2, 0.25) is 0 Å². The fraction of sp³-hybridized carbons (Fsp3) is 0.333. The maximum Gasteiger partial charge on any atom is 0.265 e. The standard InChI is InChI=1S/C15H16N2O6S3/c1-25(19,20)23-13-6-8-17(15(13)18)11-2-4-12(5-3-11)26(21,22)10-14-16-7-9-24-14/h2-5,7,9,13H,6,8,10H2,1H3/t13-/m1/s1. The molecule has 0 bridgehead atoms. The van der Waals surface area contributed by atoms with Gasteiger partial charge in [0.25, 0.3) is 16.0 Å². The number of hydrogen-bond donors (Lipinski definition) is 0. The van der Waals surface area contributed by atoms with Crippen LogP contribution in [-0.4, -0.2) is 46.6 Å². The Morgan fingerprint density at radius 1 is 1.23 bits per heavy atom. The van der Waals surface area contributed by atoms with E-state index in [0.29, 0.717) is 17.2 Å². The third-order valence-electron chi connectivity index (χ3n) is 3.75. The summed E-state index contributed by atoms with van der Waals surface area (Å²) in [5.74, 6) is -0.648. The second kappa shape index (κ2) is 7.06. The predicted octanol–water partition coefficient (Wildman–Crippen LogP) is 1.20. The SMILES string of the molecule is CS(=O)(=O)O[C@@H]1CCN(c2ccc(S(=O)(=O)Cc3nccs3)cc2)C1=O. The zero-order valence-corrected chi connectivity index (χ0v) is 16.2. The second-order valence-electron chi connectivity index (χ2n) is 5.75. The zero-order chi connectivity index (χ0) is 18.9. The van der Waals surface area contributed by atoms with Crippen molar-refractivity contribution in [2.24, 2.45) is 0 Å². The number of sulfone groups is 1. The van der Waals surface area contributed by atoms with Crippen LogP contribution in [0.5, 0.6) is 0 Å². The molecule has 26 heavy (non-hydrogen) atoms. The summed E-state index contributed by atoms with van der Waals surface area (Å²) in [6, 6.07) is 5.90. The molecule has 0 saturated carbocycles. The molecule has 8 nitrogen and oxygen atoms in total. The third-order valence-corrected chi connectivity index (χ3v) is 6.94. The van der Waals surface area contributed by atoms with Gasteiger partial charge in [0, 0.05) is 30.2 Å². The van der Waals surface area contributed by atoms with Crippen LogP contribution in [0.25, 0.3) is 0 Å². The van der Waals surface area contributed by atoms with E-state index in [0.717, 1.165) is 6.26 Å². The Morgan fingerprint density at radius 3 is 2.50 bits per heavy atom. The van der Waals surface area contributed by atoms with E-state index in [1.54, 1.807) is 11.6 Å². The molecule has 0 radical (unpaired) electrons. The molecule has 2 heterocycles. The number of aromatic nitrogens is 1. The molecular formula is C15H16N2O6S3. The van der Waals surface area contributed by atoms with Crippen LogP contribution in [0, 0.1) is 0 Å². The van der Waals surface area contributed by atoms with E-state index in [1.165, 1.54) is 40.5 Å². The minimum atomic E-state index is -3.73. The number of amides is 1. The first-order chi connectivity index (χ1) is 12.2. The Balaban J connectivity index is 1.75. The quantitative estimate of drug-likeness (QED) is 0.651. The highest BCUT2D eigenvalue weighted by molar-refractivity contribution is 7.90. The molecule has 1 saturated heterocycles. The van der Waals surface area contributed by atoms with Crippen molar-refractivity contribution in [3.63, 3.8) is 0 Å². The lowest BCUT2D eigenvalue weighted by atomic mass is 10.3. The zero-order valence-electron chi connectivity index (χ0n) is 13.7. The number of benzene rings is 1. The molecule has 1 fully saturated rings. The van der Waals surface area contributed by atoms with Crippen LogP contribution < -0.4 is 4.90 Å². The number of nitrogens with zero attached hydrogens (tertiary/aromatic N) is 2. The van der Waals surface area contributed by atoms with Gasteiger partial charge in [-0.2, -0.15) is 8.42 Å². The van der Waals surface area contributed by atoms with Crippen molar-refractivity contribution in [2.75, 3.05) is 17.7 Å². The minimum Gasteiger partial charge on any atom is -0.310 e. The van der Waals surface area contributed by atoms with E-state index < -0.39 is 32.0 Å². The van der Waals surface area contributed by atoms with Crippen LogP contribution in [0.1, 0.15) is 11.4 Å². The summed E-state index contributed by atoms with van der Waals surface area (Å²) < 4.78 is 52.0. The first kappa shape index (κ1) is 19.0. The molecule has 0 N–H and O–H groups in total. The Hall–Kier alpha value is -1.82.